The minimum Gasteiger partial charge on any atom is -0.363 e. The van der Waals surface area contributed by atoms with Crippen molar-refractivity contribution in [3.05, 3.63) is 0 Å². The van der Waals surface area contributed by atoms with Crippen LogP contribution in [0.15, 0.2) is 4.99 Å². The Hall–Kier alpha value is -0.900. The van der Waals surface area contributed by atoms with E-state index in [1.807, 2.05) is 20.8 Å². The Morgan fingerprint density at radius 1 is 1.38 bits per heavy atom. The van der Waals surface area contributed by atoms with Crippen LogP contribution in [0.4, 0.5) is 0 Å². The Morgan fingerprint density at radius 3 is 2.54 bits per heavy atom. The maximum absolute atomic E-state index is 12.8. The highest BCUT2D eigenvalue weighted by Gasteiger charge is 2.42. The molecule has 0 heterocycles. The lowest BCUT2D eigenvalue weighted by molar-refractivity contribution is -0.150. The van der Waals surface area contributed by atoms with E-state index in [0.29, 0.717) is 0 Å². The van der Waals surface area contributed by atoms with E-state index in [9.17, 15) is 4.79 Å². The second kappa shape index (κ2) is 7.99. The van der Waals surface area contributed by atoms with Gasteiger partial charge < -0.3 is 15.0 Å². The minimum atomic E-state index is -0.802. The highest BCUT2D eigenvalue weighted by Crippen LogP contribution is 2.46. The van der Waals surface area contributed by atoms with Gasteiger partial charge in [0, 0.05) is 12.6 Å². The third-order valence-corrected chi connectivity index (χ3v) is 5.01. The van der Waals surface area contributed by atoms with Crippen molar-refractivity contribution in [1.29, 1.82) is 0 Å². The Balaban J connectivity index is 2.75. The maximum Gasteiger partial charge on any atom is 0.251 e. The van der Waals surface area contributed by atoms with Crippen LogP contribution in [0.2, 0.25) is 0 Å². The molecule has 1 saturated carbocycles. The number of carbonyl (C=O) groups is 1. The summed E-state index contributed by atoms with van der Waals surface area (Å²) in [6, 6.07) is 0.164. The van der Waals surface area contributed by atoms with E-state index in [1.165, 1.54) is 0 Å². The zero-order valence-corrected chi connectivity index (χ0v) is 16.9. The highest BCUT2D eigenvalue weighted by molar-refractivity contribution is 5.84. The standard InChI is InChI=1S/C20H38N2O2/c1-9-10-15(2)24-19(5,6)17(23)22-16-11-18(3,4)13-20(7,12-16)14-21-8/h15-16H,8-14H2,1-7H3,(H,22,23). The van der Waals surface area contributed by atoms with Crippen molar-refractivity contribution in [2.24, 2.45) is 15.8 Å². The van der Waals surface area contributed by atoms with Crippen LogP contribution in [0.3, 0.4) is 0 Å². The van der Waals surface area contributed by atoms with Crippen LogP contribution in [0.25, 0.3) is 0 Å². The molecule has 3 atom stereocenters. The molecule has 3 unspecified atom stereocenters. The minimum absolute atomic E-state index is 0.0120. The van der Waals surface area contributed by atoms with E-state index in [-0.39, 0.29) is 28.9 Å². The summed E-state index contributed by atoms with van der Waals surface area (Å²) in [5.41, 5.74) is -0.513. The van der Waals surface area contributed by atoms with Crippen LogP contribution in [0.1, 0.15) is 80.6 Å². The predicted octanol–water partition coefficient (Wildman–Crippen LogP) is 4.37. The van der Waals surface area contributed by atoms with Gasteiger partial charge in [0.15, 0.2) is 0 Å². The molecular formula is C20H38N2O2. The molecule has 1 aliphatic carbocycles. The molecule has 4 nitrogen and oxygen atoms in total. The largest absolute Gasteiger partial charge is 0.363 e. The number of rotatable bonds is 8. The Bertz CT molecular complexity index is 445. The molecule has 0 saturated heterocycles. The number of ether oxygens (including phenoxy) is 1. The van der Waals surface area contributed by atoms with E-state index >= 15 is 0 Å². The number of hydrogen-bond acceptors (Lipinski definition) is 3. The number of aliphatic imine (C=N–C) groups is 1. The molecular weight excluding hydrogens is 300 g/mol. The van der Waals surface area contributed by atoms with Gasteiger partial charge in [-0.2, -0.15) is 0 Å². The fraction of sp³-hybridized carbons (Fsp3) is 0.900. The number of amides is 1. The summed E-state index contributed by atoms with van der Waals surface area (Å²) in [6.45, 7) is 19.1. The van der Waals surface area contributed by atoms with Crippen LogP contribution in [0.5, 0.6) is 0 Å². The lowest BCUT2D eigenvalue weighted by atomic mass is 9.62. The van der Waals surface area contributed by atoms with Gasteiger partial charge in [0.25, 0.3) is 5.91 Å². The van der Waals surface area contributed by atoms with E-state index < -0.39 is 5.60 Å². The van der Waals surface area contributed by atoms with Crippen molar-refractivity contribution in [2.45, 2.75) is 98.3 Å². The quantitative estimate of drug-likeness (QED) is 0.668. The molecule has 1 fully saturated rings. The van der Waals surface area contributed by atoms with Crippen molar-refractivity contribution < 1.29 is 9.53 Å². The van der Waals surface area contributed by atoms with Crippen LogP contribution >= 0.6 is 0 Å². The van der Waals surface area contributed by atoms with Gasteiger partial charge in [0.2, 0.25) is 0 Å². The Labute approximate surface area is 148 Å². The number of nitrogens with one attached hydrogen (secondary N) is 1. The average molecular weight is 339 g/mol. The lowest BCUT2D eigenvalue weighted by Crippen LogP contribution is -2.53. The normalized spacial score (nSPS) is 28.2. The smallest absolute Gasteiger partial charge is 0.251 e. The first-order valence-electron chi connectivity index (χ1n) is 9.34. The molecule has 0 bridgehead atoms. The van der Waals surface area contributed by atoms with Gasteiger partial charge in [-0.25, -0.2) is 0 Å². The van der Waals surface area contributed by atoms with Crippen LogP contribution in [-0.2, 0) is 9.53 Å². The van der Waals surface area contributed by atoms with E-state index in [2.05, 4.69) is 44.7 Å². The van der Waals surface area contributed by atoms with E-state index in [4.69, 9.17) is 4.74 Å². The average Bonchev–Trinajstić information content (AvgIpc) is 2.35. The van der Waals surface area contributed by atoms with Gasteiger partial charge in [0.1, 0.15) is 5.60 Å². The Kier molecular flexibility index (Phi) is 7.04. The fourth-order valence-electron chi connectivity index (χ4n) is 4.51. The third kappa shape index (κ3) is 6.19. The predicted molar refractivity (Wildman–Crippen MR) is 102 cm³/mol. The van der Waals surface area contributed by atoms with Gasteiger partial charge in [-0.1, -0.05) is 34.1 Å². The summed E-state index contributed by atoms with van der Waals surface area (Å²) in [6.07, 6.45) is 5.17. The zero-order chi connectivity index (χ0) is 18.6. The monoisotopic (exact) mass is 338 g/mol. The molecule has 0 aromatic rings. The maximum atomic E-state index is 12.8. The van der Waals surface area contributed by atoms with Gasteiger partial charge in [-0.3, -0.25) is 4.79 Å². The first-order chi connectivity index (χ1) is 10.9. The molecule has 4 heteroatoms. The van der Waals surface area contributed by atoms with Gasteiger partial charge in [-0.15, -0.1) is 0 Å². The summed E-state index contributed by atoms with van der Waals surface area (Å²) in [5.74, 6) is -0.0120. The van der Waals surface area contributed by atoms with Crippen molar-refractivity contribution in [3.8, 4) is 0 Å². The fourth-order valence-corrected chi connectivity index (χ4v) is 4.51. The molecule has 140 valence electrons. The molecule has 0 aromatic carbocycles. The molecule has 0 spiro atoms. The SMILES string of the molecule is C=NCC1(C)CC(NC(=O)C(C)(C)OC(C)CCC)CC(C)(C)C1. The molecule has 1 aliphatic rings. The Morgan fingerprint density at radius 2 is 2.00 bits per heavy atom. The van der Waals surface area contributed by atoms with Crippen molar-refractivity contribution in [2.75, 3.05) is 6.54 Å². The first kappa shape index (κ1) is 21.1. The lowest BCUT2D eigenvalue weighted by Gasteiger charge is -2.46. The second-order valence-electron chi connectivity index (χ2n) is 9.34. The molecule has 0 radical (unpaired) electrons. The van der Waals surface area contributed by atoms with Crippen LogP contribution in [0, 0.1) is 10.8 Å². The van der Waals surface area contributed by atoms with Crippen molar-refractivity contribution in [1.82, 2.24) is 5.32 Å². The van der Waals surface area contributed by atoms with Crippen molar-refractivity contribution in [3.63, 3.8) is 0 Å². The first-order valence-corrected chi connectivity index (χ1v) is 9.34. The third-order valence-electron chi connectivity index (χ3n) is 5.01. The van der Waals surface area contributed by atoms with Crippen molar-refractivity contribution >= 4 is 12.6 Å². The van der Waals surface area contributed by atoms with E-state index in [0.717, 1.165) is 38.6 Å². The number of carbonyl (C=O) groups excluding carboxylic acids is 1. The van der Waals surface area contributed by atoms with E-state index in [1.54, 1.807) is 0 Å². The topological polar surface area (TPSA) is 50.7 Å². The molecule has 1 N–H and O–H groups in total. The zero-order valence-electron chi connectivity index (χ0n) is 16.9. The summed E-state index contributed by atoms with van der Waals surface area (Å²) in [4.78, 5) is 16.9. The summed E-state index contributed by atoms with van der Waals surface area (Å²) in [7, 11) is 0. The van der Waals surface area contributed by atoms with Crippen LogP contribution < -0.4 is 5.32 Å². The highest BCUT2D eigenvalue weighted by atomic mass is 16.5. The second-order valence-corrected chi connectivity index (χ2v) is 9.34. The summed E-state index contributed by atoms with van der Waals surface area (Å²) >= 11 is 0. The molecule has 0 aliphatic heterocycles. The van der Waals surface area contributed by atoms with Gasteiger partial charge >= 0.3 is 0 Å². The molecule has 1 rings (SSSR count). The number of nitrogens with zero attached hydrogens (tertiary/aromatic N) is 1. The number of hydrogen-bond donors (Lipinski definition) is 1. The summed E-state index contributed by atoms with van der Waals surface area (Å²) < 4.78 is 5.99. The summed E-state index contributed by atoms with van der Waals surface area (Å²) in [5, 5.41) is 3.25. The molecule has 1 amide bonds. The van der Waals surface area contributed by atoms with Gasteiger partial charge in [-0.05, 0) is 64.0 Å². The molecule has 0 aromatic heterocycles. The van der Waals surface area contributed by atoms with Crippen LogP contribution in [-0.4, -0.2) is 36.9 Å². The molecule has 24 heavy (non-hydrogen) atoms. The van der Waals surface area contributed by atoms with Gasteiger partial charge in [0.05, 0.1) is 6.10 Å².